The Bertz CT molecular complexity index is 1620. The number of rotatable bonds is 12. The number of hydrogen-bond donors (Lipinski definition) is 5. The van der Waals surface area contributed by atoms with Crippen LogP contribution in [0.15, 0.2) is 67.0 Å². The molecule has 0 saturated heterocycles. The van der Waals surface area contributed by atoms with E-state index in [0.29, 0.717) is 28.7 Å². The molecule has 3 aromatic carbocycles. The van der Waals surface area contributed by atoms with Gasteiger partial charge in [0.1, 0.15) is 30.8 Å². The van der Waals surface area contributed by atoms with Crippen LogP contribution >= 0.6 is 11.6 Å². The van der Waals surface area contributed by atoms with Crippen molar-refractivity contribution in [1.82, 2.24) is 4.98 Å². The molecular formula is C33H36ClN5O5. The number of aliphatic hydroxyl groups excluding tert-OH is 1. The molecule has 230 valence electrons. The van der Waals surface area contributed by atoms with Gasteiger partial charge in [0, 0.05) is 50.2 Å². The van der Waals surface area contributed by atoms with Gasteiger partial charge in [0.15, 0.2) is 0 Å². The Kier molecular flexibility index (Phi) is 12.8. The average Bonchev–Trinajstić information content (AvgIpc) is 3.03. The van der Waals surface area contributed by atoms with Crippen LogP contribution in [0.25, 0.3) is 11.1 Å². The highest BCUT2D eigenvalue weighted by molar-refractivity contribution is 6.32. The van der Waals surface area contributed by atoms with Gasteiger partial charge in [-0.2, -0.15) is 5.26 Å². The lowest BCUT2D eigenvalue weighted by Crippen LogP contribution is -2.05. The van der Waals surface area contributed by atoms with Gasteiger partial charge in [-0.05, 0) is 53.4 Å². The van der Waals surface area contributed by atoms with Crippen LogP contribution in [0.4, 0.5) is 11.4 Å². The molecule has 0 unspecified atom stereocenters. The van der Waals surface area contributed by atoms with Crippen molar-refractivity contribution in [2.45, 2.75) is 33.1 Å². The minimum atomic E-state index is -0.961. The summed E-state index contributed by atoms with van der Waals surface area (Å²) >= 11 is 6.54. The van der Waals surface area contributed by atoms with E-state index in [-0.39, 0.29) is 26.2 Å². The summed E-state index contributed by atoms with van der Waals surface area (Å²) in [5, 5.41) is 31.6. The molecule has 4 aromatic rings. The van der Waals surface area contributed by atoms with E-state index < -0.39 is 5.97 Å². The van der Waals surface area contributed by atoms with Crippen molar-refractivity contribution in [3.8, 4) is 28.7 Å². The van der Waals surface area contributed by atoms with Gasteiger partial charge >= 0.3 is 5.97 Å². The highest BCUT2D eigenvalue weighted by Gasteiger charge is 2.14. The zero-order valence-corrected chi connectivity index (χ0v) is 25.6. The molecule has 0 fully saturated rings. The number of benzene rings is 3. The number of ether oxygens (including phenoxy) is 2. The van der Waals surface area contributed by atoms with E-state index >= 15 is 0 Å². The molecule has 0 aliphatic carbocycles. The molecule has 11 heteroatoms. The highest BCUT2D eigenvalue weighted by atomic mass is 35.5. The first-order valence-corrected chi connectivity index (χ1v) is 14.2. The first-order valence-electron chi connectivity index (χ1n) is 13.8. The number of halogens is 1. The predicted molar refractivity (Wildman–Crippen MR) is 172 cm³/mol. The third-order valence-corrected chi connectivity index (χ3v) is 6.97. The number of nitriles is 1. The second-order valence-electron chi connectivity index (χ2n) is 9.58. The smallest absolute Gasteiger partial charge is 0.305 e. The summed E-state index contributed by atoms with van der Waals surface area (Å²) in [6.45, 7) is 2.65. The van der Waals surface area contributed by atoms with E-state index in [9.17, 15) is 4.79 Å². The fraction of sp³-hybridized carbons (Fsp3) is 0.242. The Balaban J connectivity index is 0.000000801. The highest BCUT2D eigenvalue weighted by Crippen LogP contribution is 2.35. The van der Waals surface area contributed by atoms with Crippen molar-refractivity contribution < 1.29 is 24.5 Å². The van der Waals surface area contributed by atoms with Gasteiger partial charge in [-0.3, -0.25) is 9.78 Å². The number of carbonyl (C=O) groups is 1. The number of carboxylic acids is 1. The Morgan fingerprint density at radius 3 is 2.39 bits per heavy atom. The van der Waals surface area contributed by atoms with E-state index in [1.807, 2.05) is 20.2 Å². The molecule has 10 nitrogen and oxygen atoms in total. The van der Waals surface area contributed by atoms with E-state index in [2.05, 4.69) is 58.9 Å². The average molecular weight is 618 g/mol. The first kappa shape index (κ1) is 33.7. The van der Waals surface area contributed by atoms with Crippen LogP contribution < -0.4 is 25.8 Å². The minimum absolute atomic E-state index is 0.153. The van der Waals surface area contributed by atoms with Crippen molar-refractivity contribution in [2.75, 3.05) is 31.3 Å². The first-order chi connectivity index (χ1) is 21.2. The van der Waals surface area contributed by atoms with Crippen LogP contribution in [-0.2, 0) is 24.6 Å². The lowest BCUT2D eigenvalue weighted by atomic mass is 9.96. The van der Waals surface area contributed by atoms with Crippen LogP contribution in [0.2, 0.25) is 5.02 Å². The Labute approximate surface area is 262 Å². The van der Waals surface area contributed by atoms with Gasteiger partial charge in [-0.15, -0.1) is 0 Å². The fourth-order valence-corrected chi connectivity index (χ4v) is 4.55. The van der Waals surface area contributed by atoms with E-state index in [1.165, 1.54) is 6.20 Å². The molecule has 44 heavy (non-hydrogen) atoms. The van der Waals surface area contributed by atoms with E-state index in [1.54, 1.807) is 24.4 Å². The molecule has 0 amide bonds. The number of nitrogens with one attached hydrogen (secondary N) is 2. The van der Waals surface area contributed by atoms with Gasteiger partial charge < -0.3 is 36.1 Å². The van der Waals surface area contributed by atoms with Gasteiger partial charge in [0.2, 0.25) is 0 Å². The predicted octanol–water partition coefficient (Wildman–Crippen LogP) is 5.74. The van der Waals surface area contributed by atoms with Crippen molar-refractivity contribution >= 4 is 28.9 Å². The summed E-state index contributed by atoms with van der Waals surface area (Å²) in [5.74, 6) is 0.116. The van der Waals surface area contributed by atoms with E-state index in [0.717, 1.165) is 44.8 Å². The number of hydrogen-bond acceptors (Lipinski definition) is 9. The SMILES string of the molecule is CNc1ccc(-c2cccc(COc3cc(OCc4cncc(C#N)c4)c(CN)cc3Cl)c2C)cc1NC.O=C(O)CCO. The summed E-state index contributed by atoms with van der Waals surface area (Å²) < 4.78 is 12.2. The van der Waals surface area contributed by atoms with Gasteiger partial charge in [-0.1, -0.05) is 35.9 Å². The van der Waals surface area contributed by atoms with Crippen molar-refractivity contribution in [2.24, 2.45) is 5.73 Å². The number of carboxylic acid groups (broad SMARTS) is 1. The number of aromatic nitrogens is 1. The van der Waals surface area contributed by atoms with Crippen LogP contribution in [0.1, 0.15) is 34.2 Å². The van der Waals surface area contributed by atoms with Crippen LogP contribution in [0, 0.1) is 18.3 Å². The second-order valence-corrected chi connectivity index (χ2v) is 9.99. The third kappa shape index (κ3) is 9.09. The normalized spacial score (nSPS) is 10.2. The summed E-state index contributed by atoms with van der Waals surface area (Å²) in [7, 11) is 3.82. The maximum Gasteiger partial charge on any atom is 0.305 e. The maximum atomic E-state index is 9.44. The Morgan fingerprint density at radius 1 is 1.00 bits per heavy atom. The molecule has 1 aromatic heterocycles. The topological polar surface area (TPSA) is 163 Å². The molecule has 0 aliphatic rings. The summed E-state index contributed by atoms with van der Waals surface area (Å²) in [6, 6.07) is 19.8. The number of pyridine rings is 1. The van der Waals surface area contributed by atoms with Gasteiger partial charge in [0.05, 0.1) is 35.0 Å². The zero-order valence-electron chi connectivity index (χ0n) is 24.9. The van der Waals surface area contributed by atoms with Crippen molar-refractivity contribution in [3.05, 3.63) is 99.8 Å². The molecular weight excluding hydrogens is 582 g/mol. The molecule has 0 spiro atoms. The molecule has 0 atom stereocenters. The van der Waals surface area contributed by atoms with Gasteiger partial charge in [0.25, 0.3) is 0 Å². The Hall–Kier alpha value is -4.82. The number of nitrogens with zero attached hydrogens (tertiary/aromatic N) is 2. The fourth-order valence-electron chi connectivity index (χ4n) is 4.31. The van der Waals surface area contributed by atoms with Crippen molar-refractivity contribution in [1.29, 1.82) is 5.26 Å². The van der Waals surface area contributed by atoms with Crippen molar-refractivity contribution in [3.63, 3.8) is 0 Å². The quantitative estimate of drug-likeness (QED) is 0.132. The summed E-state index contributed by atoms with van der Waals surface area (Å²) in [5.41, 5.74) is 14.4. The second kappa shape index (κ2) is 16.7. The zero-order chi connectivity index (χ0) is 32.1. The van der Waals surface area contributed by atoms with Gasteiger partial charge in [-0.25, -0.2) is 0 Å². The largest absolute Gasteiger partial charge is 0.488 e. The molecule has 1 heterocycles. The minimum Gasteiger partial charge on any atom is -0.488 e. The lowest BCUT2D eigenvalue weighted by Gasteiger charge is -2.17. The van der Waals surface area contributed by atoms with E-state index in [4.69, 9.17) is 42.3 Å². The lowest BCUT2D eigenvalue weighted by molar-refractivity contribution is -0.137. The van der Waals surface area contributed by atoms with Crippen LogP contribution in [0.5, 0.6) is 11.5 Å². The van der Waals surface area contributed by atoms with Crippen LogP contribution in [-0.4, -0.2) is 41.9 Å². The molecule has 0 saturated carbocycles. The molecule has 0 aliphatic heterocycles. The number of nitrogens with two attached hydrogens (primary N) is 1. The standard InChI is InChI=1S/C30H30ClN5O2.C3H6O3/c1-19-23(5-4-6-25(19)22-7-8-27(34-2)28(11-22)35-3)18-38-30-12-29(24(14-33)10-26(30)31)37-17-21-9-20(13-32)15-36-16-21;4-2-1-3(5)6/h4-12,15-16,34-35H,14,17-18,33H2,1-3H3;4H,1-2H2,(H,5,6). The molecule has 0 radical (unpaired) electrons. The molecule has 4 rings (SSSR count). The third-order valence-electron chi connectivity index (χ3n) is 6.68. The summed E-state index contributed by atoms with van der Waals surface area (Å²) in [4.78, 5) is 13.5. The molecule has 0 bridgehead atoms. The van der Waals surface area contributed by atoms with Crippen LogP contribution in [0.3, 0.4) is 0 Å². The molecule has 6 N–H and O–H groups in total. The number of aliphatic hydroxyl groups is 1. The monoisotopic (exact) mass is 617 g/mol. The number of anilines is 2. The maximum absolute atomic E-state index is 9.44. The Morgan fingerprint density at radius 2 is 1.75 bits per heavy atom. The number of aliphatic carboxylic acids is 1. The summed E-state index contributed by atoms with van der Waals surface area (Å²) in [6.07, 6.45) is 3.02.